The Morgan fingerprint density at radius 1 is 1.11 bits per heavy atom. The smallest absolute Gasteiger partial charge is 0.338 e. The van der Waals surface area contributed by atoms with Crippen LogP contribution in [0.15, 0.2) is 24.3 Å². The minimum Gasteiger partial charge on any atom is -0.492 e. The molecule has 0 aromatic heterocycles. The molecule has 1 aliphatic rings. The number of amides is 4. The highest BCUT2D eigenvalue weighted by atomic mass is 16.5. The topological polar surface area (TPSA) is 66.9 Å². The van der Waals surface area contributed by atoms with E-state index in [-0.39, 0.29) is 5.69 Å². The molecule has 0 spiro atoms. The summed E-state index contributed by atoms with van der Waals surface area (Å²) in [6.07, 6.45) is 0. The van der Waals surface area contributed by atoms with Gasteiger partial charge in [-0.05, 0) is 19.1 Å². The Kier molecular flexibility index (Phi) is 3.01. The molecule has 0 N–H and O–H groups in total. The van der Waals surface area contributed by atoms with E-state index in [4.69, 9.17) is 4.74 Å². The van der Waals surface area contributed by atoms with Gasteiger partial charge in [0.25, 0.3) is 0 Å². The van der Waals surface area contributed by atoms with Crippen molar-refractivity contribution < 1.29 is 19.1 Å². The molecule has 0 unspecified atom stereocenters. The molecule has 1 aliphatic heterocycles. The van der Waals surface area contributed by atoms with Gasteiger partial charge in [-0.1, -0.05) is 12.1 Å². The third-order valence-electron chi connectivity index (χ3n) is 2.57. The Morgan fingerprint density at radius 3 is 2.33 bits per heavy atom. The highest BCUT2D eigenvalue weighted by molar-refractivity contribution is 6.52. The molecule has 0 atom stereocenters. The first-order chi connectivity index (χ1) is 8.57. The van der Waals surface area contributed by atoms with Gasteiger partial charge in [0.15, 0.2) is 0 Å². The largest absolute Gasteiger partial charge is 0.492 e. The van der Waals surface area contributed by atoms with E-state index in [9.17, 15) is 14.4 Å². The zero-order valence-electron chi connectivity index (χ0n) is 10.0. The number of para-hydroxylation sites is 2. The number of benzene rings is 1. The summed E-state index contributed by atoms with van der Waals surface area (Å²) >= 11 is 0. The summed E-state index contributed by atoms with van der Waals surface area (Å²) in [7, 11) is 1.27. The number of carbonyl (C=O) groups is 3. The molecule has 0 saturated carbocycles. The van der Waals surface area contributed by atoms with Gasteiger partial charge in [0.2, 0.25) is 0 Å². The summed E-state index contributed by atoms with van der Waals surface area (Å²) in [6.45, 7) is 2.19. The maximum atomic E-state index is 11.8. The number of rotatable bonds is 3. The van der Waals surface area contributed by atoms with Crippen molar-refractivity contribution in [2.75, 3.05) is 18.6 Å². The number of anilines is 1. The summed E-state index contributed by atoms with van der Waals surface area (Å²) in [5.41, 5.74) is 0.284. The van der Waals surface area contributed by atoms with Crippen molar-refractivity contribution in [3.8, 4) is 5.75 Å². The van der Waals surface area contributed by atoms with Crippen LogP contribution in [-0.4, -0.2) is 36.4 Å². The van der Waals surface area contributed by atoms with Crippen LogP contribution in [0.2, 0.25) is 0 Å². The normalized spacial score (nSPS) is 15.6. The second-order valence-electron chi connectivity index (χ2n) is 3.69. The summed E-state index contributed by atoms with van der Waals surface area (Å²) in [5, 5.41) is 0. The van der Waals surface area contributed by atoms with Crippen molar-refractivity contribution in [2.45, 2.75) is 6.92 Å². The summed E-state index contributed by atoms with van der Waals surface area (Å²) in [4.78, 5) is 36.6. The Labute approximate surface area is 104 Å². The predicted molar refractivity (Wildman–Crippen MR) is 63.3 cm³/mol. The fourth-order valence-corrected chi connectivity index (χ4v) is 1.69. The van der Waals surface area contributed by atoms with Crippen LogP contribution in [0, 0.1) is 0 Å². The van der Waals surface area contributed by atoms with Gasteiger partial charge in [0.1, 0.15) is 5.75 Å². The number of carbonyl (C=O) groups excluding carboxylic acids is 3. The van der Waals surface area contributed by atoms with Crippen LogP contribution in [0.3, 0.4) is 0 Å². The number of imide groups is 2. The molecule has 1 aromatic carbocycles. The van der Waals surface area contributed by atoms with Crippen LogP contribution in [0.5, 0.6) is 5.75 Å². The van der Waals surface area contributed by atoms with Gasteiger partial charge in [-0.15, -0.1) is 0 Å². The zero-order chi connectivity index (χ0) is 13.3. The lowest BCUT2D eigenvalue weighted by Crippen LogP contribution is -2.31. The summed E-state index contributed by atoms with van der Waals surface area (Å²) in [6, 6.07) is 5.93. The van der Waals surface area contributed by atoms with E-state index in [0.717, 1.165) is 9.80 Å². The zero-order valence-corrected chi connectivity index (χ0v) is 10.0. The van der Waals surface area contributed by atoms with Crippen LogP contribution in [0.25, 0.3) is 0 Å². The lowest BCUT2D eigenvalue weighted by atomic mass is 10.2. The first-order valence-corrected chi connectivity index (χ1v) is 5.45. The number of urea groups is 1. The number of likely N-dealkylation sites (N-methyl/N-ethyl adjacent to an activating group) is 1. The molecule has 1 heterocycles. The van der Waals surface area contributed by atoms with Crippen molar-refractivity contribution in [1.82, 2.24) is 4.90 Å². The highest BCUT2D eigenvalue weighted by Gasteiger charge is 2.44. The van der Waals surface area contributed by atoms with Crippen molar-refractivity contribution in [1.29, 1.82) is 0 Å². The second-order valence-corrected chi connectivity index (χ2v) is 3.69. The van der Waals surface area contributed by atoms with Crippen molar-refractivity contribution >= 4 is 23.5 Å². The molecule has 0 bridgehead atoms. The van der Waals surface area contributed by atoms with E-state index in [1.54, 1.807) is 31.2 Å². The fraction of sp³-hybridized carbons (Fsp3) is 0.250. The predicted octanol–water partition coefficient (Wildman–Crippen LogP) is 1.01. The van der Waals surface area contributed by atoms with Crippen molar-refractivity contribution in [3.05, 3.63) is 24.3 Å². The molecule has 1 aromatic rings. The lowest BCUT2D eigenvalue weighted by molar-refractivity contribution is -0.138. The average molecular weight is 248 g/mol. The molecule has 1 saturated heterocycles. The SMILES string of the molecule is CCOc1ccccc1N1C(=O)C(=O)N(C)C1=O. The third-order valence-corrected chi connectivity index (χ3v) is 2.57. The molecule has 94 valence electrons. The molecule has 1 fully saturated rings. The number of hydrogen-bond acceptors (Lipinski definition) is 4. The molecule has 0 radical (unpaired) electrons. The summed E-state index contributed by atoms with van der Waals surface area (Å²) < 4.78 is 5.34. The lowest BCUT2D eigenvalue weighted by Gasteiger charge is -2.16. The van der Waals surface area contributed by atoms with E-state index in [1.165, 1.54) is 7.05 Å². The van der Waals surface area contributed by atoms with Crippen LogP contribution in [-0.2, 0) is 9.59 Å². The molecular formula is C12H12N2O4. The molecule has 6 heteroatoms. The second kappa shape index (κ2) is 4.48. The fourth-order valence-electron chi connectivity index (χ4n) is 1.69. The molecule has 18 heavy (non-hydrogen) atoms. The molecule has 0 aliphatic carbocycles. The number of nitrogens with zero attached hydrogens (tertiary/aromatic N) is 2. The minimum absolute atomic E-state index is 0.284. The Bertz CT molecular complexity index is 527. The van der Waals surface area contributed by atoms with E-state index in [0.29, 0.717) is 12.4 Å². The first-order valence-electron chi connectivity index (χ1n) is 5.45. The Hall–Kier alpha value is -2.37. The first kappa shape index (κ1) is 12.1. The molecule has 2 rings (SSSR count). The van der Waals surface area contributed by atoms with Crippen LogP contribution in [0.4, 0.5) is 10.5 Å². The van der Waals surface area contributed by atoms with Crippen LogP contribution < -0.4 is 9.64 Å². The van der Waals surface area contributed by atoms with Gasteiger partial charge in [-0.2, -0.15) is 0 Å². The van der Waals surface area contributed by atoms with Crippen molar-refractivity contribution in [3.63, 3.8) is 0 Å². The van der Waals surface area contributed by atoms with Gasteiger partial charge in [-0.3, -0.25) is 14.5 Å². The number of ether oxygens (including phenoxy) is 1. The maximum Gasteiger partial charge on any atom is 0.338 e. The average Bonchev–Trinajstić information content (AvgIpc) is 2.56. The quantitative estimate of drug-likeness (QED) is 0.591. The minimum atomic E-state index is -0.866. The number of hydrogen-bond donors (Lipinski definition) is 0. The molecule has 6 nitrogen and oxygen atoms in total. The van der Waals surface area contributed by atoms with E-state index in [1.807, 2.05) is 0 Å². The standard InChI is InChI=1S/C12H12N2O4/c1-3-18-9-7-5-4-6-8(9)14-11(16)10(15)13(2)12(14)17/h4-7H,3H2,1-2H3. The Balaban J connectivity index is 2.46. The van der Waals surface area contributed by atoms with Crippen LogP contribution in [0.1, 0.15) is 6.92 Å². The molecule has 4 amide bonds. The highest BCUT2D eigenvalue weighted by Crippen LogP contribution is 2.31. The van der Waals surface area contributed by atoms with E-state index >= 15 is 0 Å². The monoisotopic (exact) mass is 248 g/mol. The molecular weight excluding hydrogens is 236 g/mol. The van der Waals surface area contributed by atoms with E-state index in [2.05, 4.69) is 0 Å². The Morgan fingerprint density at radius 2 is 1.78 bits per heavy atom. The van der Waals surface area contributed by atoms with Gasteiger partial charge in [0.05, 0.1) is 12.3 Å². The van der Waals surface area contributed by atoms with Crippen LogP contribution >= 0.6 is 0 Å². The maximum absolute atomic E-state index is 11.8. The van der Waals surface area contributed by atoms with E-state index < -0.39 is 17.8 Å². The van der Waals surface area contributed by atoms with Gasteiger partial charge >= 0.3 is 17.8 Å². The van der Waals surface area contributed by atoms with Gasteiger partial charge in [0, 0.05) is 7.05 Å². The summed E-state index contributed by atoms with van der Waals surface area (Å²) in [5.74, 6) is -1.31. The third kappa shape index (κ3) is 1.71. The van der Waals surface area contributed by atoms with Gasteiger partial charge in [-0.25, -0.2) is 9.69 Å². The van der Waals surface area contributed by atoms with Crippen molar-refractivity contribution in [2.24, 2.45) is 0 Å². The van der Waals surface area contributed by atoms with Gasteiger partial charge < -0.3 is 4.74 Å².